The molecule has 1 aliphatic rings. The summed E-state index contributed by atoms with van der Waals surface area (Å²) in [7, 11) is 0. The predicted octanol–water partition coefficient (Wildman–Crippen LogP) is 7.09. The zero-order valence-corrected chi connectivity index (χ0v) is 20.5. The molecule has 0 heterocycles. The molecule has 2 unspecified atom stereocenters. The van der Waals surface area contributed by atoms with E-state index >= 15 is 0 Å². The first-order valence-electron chi connectivity index (χ1n) is 10.7. The Kier molecular flexibility index (Phi) is 7.93. The molecule has 3 heteroatoms. The smallest absolute Gasteiger partial charge is 0.308 e. The molecular weight excluding hydrogens is 483 g/mol. The highest BCUT2D eigenvalue weighted by Crippen LogP contribution is 2.37. The second-order valence-electron chi connectivity index (χ2n) is 8.53. The Morgan fingerprint density at radius 1 is 1.07 bits per heavy atom. The summed E-state index contributed by atoms with van der Waals surface area (Å²) in [6.45, 7) is 8.48. The van der Waals surface area contributed by atoms with E-state index < -0.39 is 0 Å². The van der Waals surface area contributed by atoms with Gasteiger partial charge in [-0.15, -0.1) is 0 Å². The van der Waals surface area contributed by atoms with Crippen molar-refractivity contribution in [1.29, 1.82) is 0 Å². The van der Waals surface area contributed by atoms with Crippen LogP contribution in [-0.2, 0) is 22.6 Å². The summed E-state index contributed by atoms with van der Waals surface area (Å²) in [5, 5.41) is 0. The fourth-order valence-electron chi connectivity index (χ4n) is 3.86. The molecule has 158 valence electrons. The van der Waals surface area contributed by atoms with E-state index in [-0.39, 0.29) is 11.9 Å². The molecule has 0 aliphatic heterocycles. The van der Waals surface area contributed by atoms with Crippen molar-refractivity contribution >= 4 is 34.1 Å². The summed E-state index contributed by atoms with van der Waals surface area (Å²) in [6, 6.07) is 17.1. The zero-order chi connectivity index (χ0) is 21.7. The number of aryl methyl sites for hydroxylation is 1. The Bertz CT molecular complexity index is 955. The van der Waals surface area contributed by atoms with Crippen molar-refractivity contribution in [1.82, 2.24) is 0 Å². The van der Waals surface area contributed by atoms with Gasteiger partial charge in [0, 0.05) is 3.92 Å². The van der Waals surface area contributed by atoms with Crippen LogP contribution in [0.2, 0.25) is 0 Å². The molecule has 0 fully saturated rings. The molecule has 0 radical (unpaired) electrons. The Balaban J connectivity index is 1.72. The second-order valence-corrected chi connectivity index (χ2v) is 10.1. The van der Waals surface area contributed by atoms with Crippen LogP contribution in [0.15, 0.2) is 66.3 Å². The normalized spacial score (nSPS) is 17.3. The lowest BCUT2D eigenvalue weighted by Gasteiger charge is -2.28. The van der Waals surface area contributed by atoms with E-state index in [0.29, 0.717) is 16.4 Å². The molecule has 0 aromatic heterocycles. The highest BCUT2D eigenvalue weighted by Gasteiger charge is 2.25. The molecule has 0 bridgehead atoms. The lowest BCUT2D eigenvalue weighted by atomic mass is 9.81. The molecule has 2 atom stereocenters. The molecule has 0 amide bonds. The summed E-state index contributed by atoms with van der Waals surface area (Å²) >= 11 is 2.61. The van der Waals surface area contributed by atoms with Gasteiger partial charge in [-0.2, -0.15) is 0 Å². The van der Waals surface area contributed by atoms with Crippen LogP contribution < -0.4 is 0 Å². The third-order valence-electron chi connectivity index (χ3n) is 5.77. The number of halogens is 1. The van der Waals surface area contributed by atoms with Crippen molar-refractivity contribution in [2.75, 3.05) is 0 Å². The van der Waals surface area contributed by atoms with E-state index in [1.807, 2.05) is 19.9 Å². The van der Waals surface area contributed by atoms with Crippen LogP contribution >= 0.6 is 22.6 Å². The molecule has 0 saturated carbocycles. The molecule has 1 aliphatic carbocycles. The number of carbonyl (C=O) groups excluding carboxylic acids is 1. The van der Waals surface area contributed by atoms with Crippen molar-refractivity contribution in [3.05, 3.63) is 88.5 Å². The maximum atomic E-state index is 11.9. The van der Waals surface area contributed by atoms with Gasteiger partial charge in [-0.25, -0.2) is 0 Å². The van der Waals surface area contributed by atoms with E-state index in [0.717, 1.165) is 18.4 Å². The SMILES string of the molecule is CC1=CC=C(c2cccc(C)c2)CC1C(I)Cc1ccccc1COC(=O)C(C)C. The van der Waals surface area contributed by atoms with E-state index in [4.69, 9.17) is 4.74 Å². The van der Waals surface area contributed by atoms with Crippen molar-refractivity contribution in [3.8, 4) is 0 Å². The third-order valence-corrected chi connectivity index (χ3v) is 7.08. The van der Waals surface area contributed by atoms with Gasteiger partial charge in [0.1, 0.15) is 6.61 Å². The minimum atomic E-state index is -0.144. The first-order chi connectivity index (χ1) is 14.3. The van der Waals surface area contributed by atoms with Gasteiger partial charge < -0.3 is 4.74 Å². The molecule has 0 spiro atoms. The van der Waals surface area contributed by atoms with E-state index in [1.165, 1.54) is 27.8 Å². The summed E-state index contributed by atoms with van der Waals surface area (Å²) < 4.78 is 5.97. The van der Waals surface area contributed by atoms with Crippen molar-refractivity contribution in [3.63, 3.8) is 0 Å². The number of allylic oxidation sites excluding steroid dienone is 4. The first-order valence-corrected chi connectivity index (χ1v) is 11.9. The lowest BCUT2D eigenvalue weighted by Crippen LogP contribution is -2.21. The first kappa shape index (κ1) is 22.8. The monoisotopic (exact) mass is 514 g/mol. The number of esters is 1. The van der Waals surface area contributed by atoms with Crippen LogP contribution in [0.25, 0.3) is 5.57 Å². The Morgan fingerprint density at radius 2 is 1.80 bits per heavy atom. The van der Waals surface area contributed by atoms with Gasteiger partial charge in [-0.3, -0.25) is 4.79 Å². The summed E-state index contributed by atoms with van der Waals surface area (Å²) in [6.07, 6.45) is 6.59. The van der Waals surface area contributed by atoms with Crippen LogP contribution in [0.4, 0.5) is 0 Å². The Hall–Kier alpha value is -1.88. The van der Waals surface area contributed by atoms with E-state index in [2.05, 4.69) is 91.1 Å². The van der Waals surface area contributed by atoms with E-state index in [1.54, 1.807) is 0 Å². The maximum Gasteiger partial charge on any atom is 0.308 e. The van der Waals surface area contributed by atoms with Crippen molar-refractivity contribution < 1.29 is 9.53 Å². The lowest BCUT2D eigenvalue weighted by molar-refractivity contribution is -0.148. The average Bonchev–Trinajstić information content (AvgIpc) is 2.73. The molecular formula is C27H31IO2. The van der Waals surface area contributed by atoms with Crippen molar-refractivity contribution in [2.45, 2.75) is 51.1 Å². The fraction of sp³-hybridized carbons (Fsp3) is 0.370. The molecule has 0 N–H and O–H groups in total. The highest BCUT2D eigenvalue weighted by molar-refractivity contribution is 14.1. The number of benzene rings is 2. The maximum absolute atomic E-state index is 11.9. The number of hydrogen-bond acceptors (Lipinski definition) is 2. The number of hydrogen-bond donors (Lipinski definition) is 0. The number of alkyl halides is 1. The van der Waals surface area contributed by atoms with Gasteiger partial charge in [-0.1, -0.05) is 108 Å². The van der Waals surface area contributed by atoms with E-state index in [9.17, 15) is 4.79 Å². The minimum absolute atomic E-state index is 0.101. The van der Waals surface area contributed by atoms with Gasteiger partial charge in [-0.05, 0) is 54.9 Å². The van der Waals surface area contributed by atoms with Gasteiger partial charge in [0.25, 0.3) is 0 Å². The topological polar surface area (TPSA) is 26.3 Å². The number of ether oxygens (including phenoxy) is 1. The molecule has 0 saturated heterocycles. The largest absolute Gasteiger partial charge is 0.461 e. The molecule has 30 heavy (non-hydrogen) atoms. The molecule has 2 aromatic rings. The minimum Gasteiger partial charge on any atom is -0.461 e. The van der Waals surface area contributed by atoms with Crippen molar-refractivity contribution in [2.24, 2.45) is 11.8 Å². The summed E-state index contributed by atoms with van der Waals surface area (Å²) in [5.41, 5.74) is 7.86. The van der Waals surface area contributed by atoms with Gasteiger partial charge in [0.2, 0.25) is 0 Å². The highest BCUT2D eigenvalue weighted by atomic mass is 127. The quantitative estimate of drug-likeness (QED) is 0.224. The number of carbonyl (C=O) groups is 1. The Morgan fingerprint density at radius 3 is 2.50 bits per heavy atom. The number of rotatable bonds is 7. The van der Waals surface area contributed by atoms with Crippen LogP contribution in [0.5, 0.6) is 0 Å². The van der Waals surface area contributed by atoms with Crippen LogP contribution in [-0.4, -0.2) is 9.89 Å². The van der Waals surface area contributed by atoms with Crippen LogP contribution in [0.3, 0.4) is 0 Å². The van der Waals surface area contributed by atoms with Crippen LogP contribution in [0.1, 0.15) is 49.4 Å². The average molecular weight is 514 g/mol. The zero-order valence-electron chi connectivity index (χ0n) is 18.3. The predicted molar refractivity (Wildman–Crippen MR) is 134 cm³/mol. The Labute approximate surface area is 194 Å². The third kappa shape index (κ3) is 5.84. The van der Waals surface area contributed by atoms with Gasteiger partial charge in [0.15, 0.2) is 0 Å². The molecule has 3 rings (SSSR count). The standard InChI is InChI=1S/C27H31IO2/c1-18(2)27(29)30-17-24-10-6-5-9-22(24)16-26(28)25-15-23(13-12-20(25)4)21-11-7-8-19(3)14-21/h5-14,18,25-26H,15-17H2,1-4H3. The summed E-state index contributed by atoms with van der Waals surface area (Å²) in [4.78, 5) is 11.9. The fourth-order valence-corrected chi connectivity index (χ4v) is 5.15. The summed E-state index contributed by atoms with van der Waals surface area (Å²) in [5.74, 6) is 0.253. The second kappa shape index (κ2) is 10.4. The molecule has 2 aromatic carbocycles. The van der Waals surface area contributed by atoms with Crippen LogP contribution in [0, 0.1) is 18.8 Å². The molecule has 2 nitrogen and oxygen atoms in total. The van der Waals surface area contributed by atoms with Gasteiger partial charge >= 0.3 is 5.97 Å². The van der Waals surface area contributed by atoms with Gasteiger partial charge in [0.05, 0.1) is 5.92 Å².